The van der Waals surface area contributed by atoms with Crippen molar-refractivity contribution in [3.8, 4) is 0 Å². The van der Waals surface area contributed by atoms with E-state index in [1.165, 1.54) is 16.0 Å². The van der Waals surface area contributed by atoms with Gasteiger partial charge in [0.2, 0.25) is 11.1 Å². The lowest BCUT2D eigenvalue weighted by Gasteiger charge is -2.11. The third-order valence-corrected chi connectivity index (χ3v) is 5.00. The van der Waals surface area contributed by atoms with Crippen LogP contribution in [0.3, 0.4) is 0 Å². The van der Waals surface area contributed by atoms with Gasteiger partial charge in [-0.05, 0) is 30.5 Å². The number of carboxylic acid groups (broad SMARTS) is 1. The van der Waals surface area contributed by atoms with Crippen molar-refractivity contribution >= 4 is 28.2 Å². The van der Waals surface area contributed by atoms with Crippen molar-refractivity contribution in [3.05, 3.63) is 55.5 Å². The predicted octanol–water partition coefficient (Wildman–Crippen LogP) is 3.42. The van der Waals surface area contributed by atoms with Crippen molar-refractivity contribution in [1.29, 1.82) is 0 Å². The van der Waals surface area contributed by atoms with Crippen LogP contribution in [0.25, 0.3) is 10.9 Å². The monoisotopic (exact) mass is 375 g/mol. The first-order valence-corrected chi connectivity index (χ1v) is 9.10. The van der Waals surface area contributed by atoms with E-state index in [2.05, 4.69) is 10.1 Å². The average molecular weight is 375 g/mol. The molecule has 0 aliphatic heterocycles. The molecule has 0 bridgehead atoms. The van der Waals surface area contributed by atoms with Gasteiger partial charge in [-0.3, -0.25) is 9.48 Å². The minimum absolute atomic E-state index is 0.0162. The van der Waals surface area contributed by atoms with Gasteiger partial charge in [-0.25, -0.2) is 14.2 Å². The molecule has 26 heavy (non-hydrogen) atoms. The summed E-state index contributed by atoms with van der Waals surface area (Å²) in [7, 11) is 0. The van der Waals surface area contributed by atoms with Crippen LogP contribution >= 0.6 is 11.3 Å². The van der Waals surface area contributed by atoms with Crippen LogP contribution in [0.15, 0.2) is 22.3 Å². The van der Waals surface area contributed by atoms with Gasteiger partial charge in [0.1, 0.15) is 5.82 Å². The first kappa shape index (κ1) is 18.2. The highest BCUT2D eigenvalue weighted by molar-refractivity contribution is 7.09. The Hall–Kier alpha value is -2.61. The fourth-order valence-corrected chi connectivity index (χ4v) is 3.68. The number of benzene rings is 1. The van der Waals surface area contributed by atoms with Gasteiger partial charge in [0, 0.05) is 18.3 Å². The number of aromatic nitrogens is 3. The lowest BCUT2D eigenvalue weighted by molar-refractivity contribution is 0.0686. The molecule has 0 aliphatic carbocycles. The van der Waals surface area contributed by atoms with E-state index in [1.54, 1.807) is 13.0 Å². The zero-order valence-corrected chi connectivity index (χ0v) is 15.4. The number of halogens is 1. The topological polar surface area (TPSA) is 85.1 Å². The molecule has 3 rings (SSSR count). The van der Waals surface area contributed by atoms with Gasteiger partial charge in [-0.15, -0.1) is 11.3 Å². The molecule has 136 valence electrons. The molecule has 1 aromatic carbocycles. The van der Waals surface area contributed by atoms with Crippen LogP contribution in [0.4, 0.5) is 4.39 Å². The van der Waals surface area contributed by atoms with E-state index in [-0.39, 0.29) is 5.39 Å². The summed E-state index contributed by atoms with van der Waals surface area (Å²) < 4.78 is 16.0. The highest BCUT2D eigenvalue weighted by Crippen LogP contribution is 2.23. The number of carboxylic acids is 1. The second-order valence-electron chi connectivity index (χ2n) is 6.26. The molecule has 2 heterocycles. The van der Waals surface area contributed by atoms with E-state index in [0.717, 1.165) is 16.8 Å². The smallest absolute Gasteiger partial charge is 0.360 e. The Kier molecular flexibility index (Phi) is 4.86. The quantitative estimate of drug-likeness (QED) is 0.738. The normalized spacial score (nSPS) is 11.4. The molecule has 0 saturated carbocycles. The van der Waals surface area contributed by atoms with Crippen molar-refractivity contribution in [3.63, 3.8) is 0 Å². The molecule has 2 aromatic heterocycles. The van der Waals surface area contributed by atoms with Crippen LogP contribution in [0.2, 0.25) is 0 Å². The minimum atomic E-state index is -1.42. The summed E-state index contributed by atoms with van der Waals surface area (Å²) in [6, 6.07) is 2.66. The van der Waals surface area contributed by atoms with E-state index in [0.29, 0.717) is 30.0 Å². The van der Waals surface area contributed by atoms with Gasteiger partial charge >= 0.3 is 5.97 Å². The Labute approximate surface area is 152 Å². The van der Waals surface area contributed by atoms with Crippen molar-refractivity contribution in [2.75, 3.05) is 0 Å². The standard InChI is InChI=1S/C18H18FN3O3S/c1-4-22-14-5-10(6-15-20-13(8-26-15)9(2)3)12(19)7-11(14)17(23)16(21-22)18(24)25/h5,7-9H,4,6H2,1-3H3,(H,24,25). The highest BCUT2D eigenvalue weighted by atomic mass is 32.1. The third-order valence-electron chi connectivity index (χ3n) is 4.13. The maximum absolute atomic E-state index is 14.6. The molecular formula is C18H18FN3O3S. The summed E-state index contributed by atoms with van der Waals surface area (Å²) in [4.78, 5) is 28.0. The summed E-state index contributed by atoms with van der Waals surface area (Å²) in [5.41, 5.74) is 0.393. The second kappa shape index (κ2) is 6.95. The first-order valence-electron chi connectivity index (χ1n) is 8.22. The van der Waals surface area contributed by atoms with Crippen molar-refractivity contribution < 1.29 is 14.3 Å². The molecule has 0 unspecified atom stereocenters. The number of hydrogen-bond donors (Lipinski definition) is 1. The van der Waals surface area contributed by atoms with E-state index in [4.69, 9.17) is 5.11 Å². The summed E-state index contributed by atoms with van der Waals surface area (Å²) in [5.74, 6) is -1.68. The Morgan fingerprint density at radius 1 is 1.38 bits per heavy atom. The first-order chi connectivity index (χ1) is 12.3. The Balaban J connectivity index is 2.13. The number of hydrogen-bond acceptors (Lipinski definition) is 5. The predicted molar refractivity (Wildman–Crippen MR) is 97.6 cm³/mol. The fraction of sp³-hybridized carbons (Fsp3) is 0.333. The van der Waals surface area contributed by atoms with Crippen molar-refractivity contribution in [1.82, 2.24) is 14.8 Å². The van der Waals surface area contributed by atoms with Crippen LogP contribution < -0.4 is 5.43 Å². The average Bonchev–Trinajstić information content (AvgIpc) is 3.05. The summed E-state index contributed by atoms with van der Waals surface area (Å²) in [5, 5.41) is 15.8. The van der Waals surface area contributed by atoms with E-state index in [1.807, 2.05) is 19.2 Å². The van der Waals surface area contributed by atoms with Crippen LogP contribution in [-0.4, -0.2) is 25.8 Å². The van der Waals surface area contributed by atoms with Crippen LogP contribution in [0, 0.1) is 5.82 Å². The van der Waals surface area contributed by atoms with Gasteiger partial charge in [0.05, 0.1) is 21.6 Å². The molecule has 0 spiro atoms. The molecule has 0 fully saturated rings. The molecule has 0 saturated heterocycles. The zero-order valence-electron chi connectivity index (χ0n) is 14.6. The van der Waals surface area contributed by atoms with Gasteiger partial charge < -0.3 is 5.11 Å². The van der Waals surface area contributed by atoms with Crippen LogP contribution in [0.5, 0.6) is 0 Å². The fourth-order valence-electron chi connectivity index (χ4n) is 2.70. The number of thiazole rings is 1. The highest BCUT2D eigenvalue weighted by Gasteiger charge is 2.19. The zero-order chi connectivity index (χ0) is 19.0. The molecule has 0 aliphatic rings. The van der Waals surface area contributed by atoms with E-state index in [9.17, 15) is 14.0 Å². The third kappa shape index (κ3) is 3.24. The Morgan fingerprint density at radius 3 is 2.69 bits per heavy atom. The number of aromatic carboxylic acids is 1. The van der Waals surface area contributed by atoms with Crippen LogP contribution in [0.1, 0.15) is 53.4 Å². The number of nitrogens with zero attached hydrogens (tertiary/aromatic N) is 3. The summed E-state index contributed by atoms with van der Waals surface area (Å²) in [6.07, 6.45) is 0.303. The van der Waals surface area contributed by atoms with E-state index < -0.39 is 22.9 Å². The molecule has 0 atom stereocenters. The number of fused-ring (bicyclic) bond motifs is 1. The maximum atomic E-state index is 14.6. The van der Waals surface area contributed by atoms with Gasteiger partial charge in [0.15, 0.2) is 0 Å². The maximum Gasteiger partial charge on any atom is 0.360 e. The van der Waals surface area contributed by atoms with Gasteiger partial charge in [0.25, 0.3) is 0 Å². The van der Waals surface area contributed by atoms with Gasteiger partial charge in [-0.1, -0.05) is 13.8 Å². The Morgan fingerprint density at radius 2 is 2.12 bits per heavy atom. The SMILES string of the molecule is CCn1nc(C(=O)O)c(=O)c2cc(F)c(Cc3nc(C(C)C)cs3)cc21. The minimum Gasteiger partial charge on any atom is -0.476 e. The van der Waals surface area contributed by atoms with Crippen LogP contribution in [-0.2, 0) is 13.0 Å². The molecule has 3 aromatic rings. The van der Waals surface area contributed by atoms with Crippen molar-refractivity contribution in [2.24, 2.45) is 0 Å². The summed E-state index contributed by atoms with van der Waals surface area (Å²) >= 11 is 1.47. The molecule has 1 N–H and O–H groups in total. The summed E-state index contributed by atoms with van der Waals surface area (Å²) in [6.45, 7) is 6.22. The lowest BCUT2D eigenvalue weighted by Crippen LogP contribution is -2.23. The number of rotatable bonds is 5. The second-order valence-corrected chi connectivity index (χ2v) is 7.20. The molecular weight excluding hydrogens is 357 g/mol. The molecule has 0 amide bonds. The lowest BCUT2D eigenvalue weighted by atomic mass is 10.1. The molecule has 6 nitrogen and oxygen atoms in total. The van der Waals surface area contributed by atoms with E-state index >= 15 is 0 Å². The number of aryl methyl sites for hydroxylation is 1. The largest absolute Gasteiger partial charge is 0.476 e. The Bertz CT molecular complexity index is 1060. The molecule has 8 heteroatoms. The van der Waals surface area contributed by atoms with Gasteiger partial charge in [-0.2, -0.15) is 5.10 Å². The molecule has 0 radical (unpaired) electrons. The number of carbonyl (C=O) groups is 1. The van der Waals surface area contributed by atoms with Crippen molar-refractivity contribution in [2.45, 2.75) is 39.7 Å².